The molecule has 4 rings (SSSR count). The van der Waals surface area contributed by atoms with Crippen LogP contribution in [-0.4, -0.2) is 59.8 Å². The monoisotopic (exact) mass is 500 g/mol. The van der Waals surface area contributed by atoms with E-state index >= 15 is 0 Å². The number of halogens is 1. The van der Waals surface area contributed by atoms with E-state index in [4.69, 9.17) is 4.74 Å². The average Bonchev–Trinajstić information content (AvgIpc) is 3.22. The maximum atomic E-state index is 10.3. The number of aliphatic hydroxyl groups excluding tert-OH is 3. The maximum Gasteiger partial charge on any atom is 0.165 e. The molecule has 142 valence electrons. The highest BCUT2D eigenvalue weighted by Gasteiger charge is 2.44. The molecule has 1 aliphatic heterocycles. The Hall–Kier alpha value is -1.31. The zero-order valence-corrected chi connectivity index (χ0v) is 17.0. The number of nitrogens with zero attached hydrogens (tertiary/aromatic N) is 4. The summed E-state index contributed by atoms with van der Waals surface area (Å²) in [5.41, 5.74) is 1.90. The van der Waals surface area contributed by atoms with Gasteiger partial charge in [-0.2, -0.15) is 0 Å². The first kappa shape index (κ1) is 19.0. The predicted octanol–water partition coefficient (Wildman–Crippen LogP) is 1.33. The van der Waals surface area contributed by atoms with Crippen LogP contribution in [0.25, 0.3) is 11.2 Å². The van der Waals surface area contributed by atoms with Crippen molar-refractivity contribution in [2.45, 2.75) is 35.2 Å². The van der Waals surface area contributed by atoms with E-state index in [9.17, 15) is 15.3 Å². The minimum Gasteiger partial charge on any atom is -0.394 e. The topological polar surface area (TPSA) is 114 Å². The van der Waals surface area contributed by atoms with Gasteiger partial charge in [0, 0.05) is 14.2 Å². The van der Waals surface area contributed by atoms with Crippen LogP contribution in [0, 0.1) is 3.57 Å². The number of thioether (sulfide) groups is 1. The van der Waals surface area contributed by atoms with Gasteiger partial charge in [0.1, 0.15) is 30.2 Å². The number of rotatable bonds is 5. The van der Waals surface area contributed by atoms with E-state index < -0.39 is 24.5 Å². The Kier molecular flexibility index (Phi) is 5.62. The molecule has 3 aromatic rings. The van der Waals surface area contributed by atoms with Crippen molar-refractivity contribution in [3.63, 3.8) is 0 Å². The van der Waals surface area contributed by atoms with Gasteiger partial charge in [-0.1, -0.05) is 6.07 Å². The van der Waals surface area contributed by atoms with E-state index in [1.165, 1.54) is 16.2 Å². The lowest BCUT2D eigenvalue weighted by Crippen LogP contribution is -2.33. The Morgan fingerprint density at radius 3 is 2.78 bits per heavy atom. The number of hydrogen-bond acceptors (Lipinski definition) is 8. The number of aromatic nitrogens is 4. The Morgan fingerprint density at radius 1 is 1.19 bits per heavy atom. The summed E-state index contributed by atoms with van der Waals surface area (Å²) in [4.78, 5) is 14.1. The zero-order valence-electron chi connectivity index (χ0n) is 14.0. The molecule has 1 fully saturated rings. The lowest BCUT2D eigenvalue weighted by molar-refractivity contribution is -0.0511. The van der Waals surface area contributed by atoms with Crippen molar-refractivity contribution in [3.8, 4) is 0 Å². The van der Waals surface area contributed by atoms with Gasteiger partial charge >= 0.3 is 0 Å². The summed E-state index contributed by atoms with van der Waals surface area (Å²) in [5, 5.41) is 29.5. The molecule has 3 heterocycles. The van der Waals surface area contributed by atoms with Gasteiger partial charge in [-0.05, 0) is 40.8 Å². The van der Waals surface area contributed by atoms with Gasteiger partial charge in [0.25, 0.3) is 0 Å². The number of hydrogen-bond donors (Lipinski definition) is 3. The molecule has 4 atom stereocenters. The van der Waals surface area contributed by atoms with Crippen molar-refractivity contribution in [2.75, 3.05) is 6.61 Å². The Balaban J connectivity index is 1.60. The first-order valence-corrected chi connectivity index (χ1v) is 10.3. The number of benzene rings is 1. The quantitative estimate of drug-likeness (QED) is 0.356. The van der Waals surface area contributed by atoms with Crippen molar-refractivity contribution < 1.29 is 20.1 Å². The van der Waals surface area contributed by atoms with Crippen LogP contribution in [-0.2, 0) is 10.5 Å². The molecule has 1 aliphatic rings. The van der Waals surface area contributed by atoms with Crippen LogP contribution in [0.3, 0.4) is 0 Å². The molecule has 0 saturated carbocycles. The van der Waals surface area contributed by atoms with Gasteiger partial charge in [-0.3, -0.25) is 4.57 Å². The van der Waals surface area contributed by atoms with E-state index in [-0.39, 0.29) is 6.61 Å². The van der Waals surface area contributed by atoms with Gasteiger partial charge in [0.15, 0.2) is 11.9 Å². The highest BCUT2D eigenvalue weighted by atomic mass is 127. The molecular weight excluding hydrogens is 483 g/mol. The third-order valence-electron chi connectivity index (χ3n) is 4.40. The summed E-state index contributed by atoms with van der Waals surface area (Å²) in [6.07, 6.45) is -1.10. The van der Waals surface area contributed by atoms with Crippen LogP contribution in [0.5, 0.6) is 0 Å². The smallest absolute Gasteiger partial charge is 0.165 e. The van der Waals surface area contributed by atoms with Gasteiger partial charge in [-0.15, -0.1) is 11.8 Å². The van der Waals surface area contributed by atoms with Crippen LogP contribution in [0.15, 0.2) is 41.8 Å². The van der Waals surface area contributed by atoms with Crippen molar-refractivity contribution in [2.24, 2.45) is 0 Å². The largest absolute Gasteiger partial charge is 0.394 e. The van der Waals surface area contributed by atoms with Crippen molar-refractivity contribution in [1.29, 1.82) is 0 Å². The second kappa shape index (κ2) is 7.97. The highest BCUT2D eigenvalue weighted by molar-refractivity contribution is 14.1. The Morgan fingerprint density at radius 2 is 2.04 bits per heavy atom. The van der Waals surface area contributed by atoms with Crippen molar-refractivity contribution in [1.82, 2.24) is 19.5 Å². The van der Waals surface area contributed by atoms with E-state index in [1.807, 2.05) is 18.2 Å². The summed E-state index contributed by atoms with van der Waals surface area (Å²) < 4.78 is 8.31. The molecular formula is C17H17IN4O4S. The lowest BCUT2D eigenvalue weighted by Gasteiger charge is -2.16. The molecule has 0 aliphatic carbocycles. The summed E-state index contributed by atoms with van der Waals surface area (Å²) >= 11 is 3.93. The molecule has 8 nitrogen and oxygen atoms in total. The minimum atomic E-state index is -1.18. The zero-order chi connectivity index (χ0) is 19.0. The fourth-order valence-electron chi connectivity index (χ4n) is 3.01. The predicted molar refractivity (Wildman–Crippen MR) is 107 cm³/mol. The second-order valence-electron chi connectivity index (χ2n) is 6.12. The third kappa shape index (κ3) is 3.69. The average molecular weight is 500 g/mol. The molecule has 0 bridgehead atoms. The molecule has 2 aromatic heterocycles. The second-order valence-corrected chi connectivity index (χ2v) is 8.41. The molecule has 3 N–H and O–H groups in total. The van der Waals surface area contributed by atoms with Crippen molar-refractivity contribution in [3.05, 3.63) is 46.2 Å². The number of aliphatic hydroxyl groups is 3. The van der Waals surface area contributed by atoms with Crippen LogP contribution in [0.4, 0.5) is 0 Å². The highest BCUT2D eigenvalue weighted by Crippen LogP contribution is 2.32. The summed E-state index contributed by atoms with van der Waals surface area (Å²) in [6, 6.07) is 8.19. The fourth-order valence-corrected chi connectivity index (χ4v) is 4.66. The van der Waals surface area contributed by atoms with Gasteiger partial charge in [-0.25, -0.2) is 15.0 Å². The number of ether oxygens (including phenoxy) is 1. The normalized spacial score (nSPS) is 25.3. The van der Waals surface area contributed by atoms with Crippen LogP contribution in [0.1, 0.15) is 11.9 Å². The van der Waals surface area contributed by atoms with Crippen LogP contribution >= 0.6 is 34.4 Å². The molecule has 10 heteroatoms. The van der Waals surface area contributed by atoms with E-state index in [1.54, 1.807) is 16.3 Å². The standard InChI is InChI=1S/C17H17IN4O4S/c18-9-2-1-3-10(4-9)27-6-11-13-16(20-7-19-11)22(8-21-13)17-15(25)14(24)12(5-23)26-17/h1-4,7-8,12,14-15,17,23-25H,5-6H2/t12-,14-,15-,17-/m1/s1. The summed E-state index contributed by atoms with van der Waals surface area (Å²) in [6.45, 7) is -0.381. The Bertz CT molecular complexity index is 956. The van der Waals surface area contributed by atoms with Crippen LogP contribution in [0.2, 0.25) is 0 Å². The van der Waals surface area contributed by atoms with Gasteiger partial charge < -0.3 is 20.1 Å². The van der Waals surface area contributed by atoms with Gasteiger partial charge in [0.05, 0.1) is 18.6 Å². The van der Waals surface area contributed by atoms with E-state index in [0.717, 1.165) is 10.6 Å². The fraction of sp³-hybridized carbons (Fsp3) is 0.353. The molecule has 0 radical (unpaired) electrons. The minimum absolute atomic E-state index is 0.381. The third-order valence-corrected chi connectivity index (χ3v) is 6.07. The molecule has 1 saturated heterocycles. The lowest BCUT2D eigenvalue weighted by atomic mass is 10.1. The molecule has 0 spiro atoms. The molecule has 1 aromatic carbocycles. The van der Waals surface area contributed by atoms with Crippen molar-refractivity contribution >= 4 is 45.5 Å². The first-order valence-electron chi connectivity index (χ1n) is 8.25. The molecule has 27 heavy (non-hydrogen) atoms. The first-order chi connectivity index (χ1) is 13.1. The SMILES string of the molecule is OC[C@H]1O[C@@H](n2cnc3c(CSc4cccc(I)c4)ncnc32)[C@H](O)[C@@H]1O. The molecule has 0 amide bonds. The van der Waals surface area contributed by atoms with E-state index in [2.05, 4.69) is 43.6 Å². The van der Waals surface area contributed by atoms with Crippen LogP contribution < -0.4 is 0 Å². The summed E-state index contributed by atoms with van der Waals surface area (Å²) in [7, 11) is 0. The molecule has 0 unspecified atom stereocenters. The summed E-state index contributed by atoms with van der Waals surface area (Å²) in [5.74, 6) is 0.617. The number of imidazole rings is 1. The Labute approximate surface area is 172 Å². The van der Waals surface area contributed by atoms with Gasteiger partial charge in [0.2, 0.25) is 0 Å². The van der Waals surface area contributed by atoms with E-state index in [0.29, 0.717) is 16.9 Å². The number of fused-ring (bicyclic) bond motifs is 1. The maximum absolute atomic E-state index is 10.3.